The van der Waals surface area contributed by atoms with Gasteiger partial charge in [0.15, 0.2) is 28.8 Å². The minimum atomic E-state index is 0.00257. The Balaban J connectivity index is 1.41. The number of carbonyl (C=O) groups is 1. The Kier molecular flexibility index (Phi) is 10.7. The number of ether oxygens (including phenoxy) is 6. The molecule has 5 rings (SSSR count). The quantitative estimate of drug-likeness (QED) is 0.147. The van der Waals surface area contributed by atoms with Crippen molar-refractivity contribution in [2.24, 2.45) is 5.92 Å². The lowest BCUT2D eigenvalue weighted by Crippen LogP contribution is -2.18. The van der Waals surface area contributed by atoms with Gasteiger partial charge in [-0.2, -0.15) is 0 Å². The van der Waals surface area contributed by atoms with Gasteiger partial charge < -0.3 is 28.4 Å². The fourth-order valence-corrected chi connectivity index (χ4v) is 5.58. The monoisotopic (exact) mass is 620 g/mol. The highest BCUT2D eigenvalue weighted by Crippen LogP contribution is 2.42. The van der Waals surface area contributed by atoms with Crippen molar-refractivity contribution in [3.8, 4) is 34.5 Å². The van der Waals surface area contributed by atoms with E-state index in [1.807, 2.05) is 97.1 Å². The number of rotatable bonds is 12. The summed E-state index contributed by atoms with van der Waals surface area (Å²) in [7, 11) is 6.37. The van der Waals surface area contributed by atoms with E-state index in [1.165, 1.54) is 0 Å². The highest BCUT2D eigenvalue weighted by atomic mass is 16.5. The lowest BCUT2D eigenvalue weighted by atomic mass is 9.80. The smallest absolute Gasteiger partial charge is 0.203 e. The molecule has 0 atom stereocenters. The molecule has 0 saturated heterocycles. The van der Waals surface area contributed by atoms with Gasteiger partial charge in [-0.25, -0.2) is 0 Å². The van der Waals surface area contributed by atoms with E-state index in [2.05, 4.69) is 6.92 Å². The van der Waals surface area contributed by atoms with Crippen molar-refractivity contribution in [3.05, 3.63) is 118 Å². The Hall–Kier alpha value is -5.17. The van der Waals surface area contributed by atoms with Crippen LogP contribution in [0.4, 0.5) is 0 Å². The topological polar surface area (TPSA) is 72.5 Å². The molecule has 1 aliphatic rings. The number of allylic oxidation sites excluding steroid dienone is 2. The summed E-state index contributed by atoms with van der Waals surface area (Å²) in [6, 6.07) is 27.3. The summed E-state index contributed by atoms with van der Waals surface area (Å²) in [6.07, 6.45) is 5.15. The molecule has 7 nitrogen and oxygen atoms in total. The molecule has 0 unspecified atom stereocenters. The van der Waals surface area contributed by atoms with Gasteiger partial charge in [-0.15, -0.1) is 0 Å². The maximum Gasteiger partial charge on any atom is 0.203 e. The maximum atomic E-state index is 13.8. The third-order valence-electron chi connectivity index (χ3n) is 7.82. The molecule has 0 heterocycles. The molecule has 4 aromatic carbocycles. The molecule has 1 fully saturated rings. The fraction of sp³-hybridized carbons (Fsp3) is 0.256. The molecule has 0 spiro atoms. The van der Waals surface area contributed by atoms with Crippen LogP contribution in [0.15, 0.2) is 96.1 Å². The van der Waals surface area contributed by atoms with Gasteiger partial charge >= 0.3 is 0 Å². The third-order valence-corrected chi connectivity index (χ3v) is 7.82. The Morgan fingerprint density at radius 2 is 0.935 bits per heavy atom. The van der Waals surface area contributed by atoms with Crippen LogP contribution >= 0.6 is 0 Å². The van der Waals surface area contributed by atoms with Gasteiger partial charge in [0.1, 0.15) is 13.2 Å². The zero-order chi connectivity index (χ0) is 32.5. The predicted molar refractivity (Wildman–Crippen MR) is 180 cm³/mol. The molecular weight excluding hydrogens is 580 g/mol. The van der Waals surface area contributed by atoms with Gasteiger partial charge in [-0.05, 0) is 77.4 Å². The number of benzene rings is 4. The van der Waals surface area contributed by atoms with E-state index in [0.717, 1.165) is 22.3 Å². The second kappa shape index (κ2) is 15.2. The molecule has 0 aliphatic heterocycles. The van der Waals surface area contributed by atoms with E-state index in [9.17, 15) is 4.79 Å². The number of hydrogen-bond donors (Lipinski definition) is 0. The lowest BCUT2D eigenvalue weighted by Gasteiger charge is -2.23. The van der Waals surface area contributed by atoms with Crippen molar-refractivity contribution < 1.29 is 33.2 Å². The standard InChI is InChI=1S/C39H40O7/c1-26-16-31(18-29-20-33(41-2)38(34(21-29)42-3)45-24-27-12-8-6-9-13-27)37(40)32(17-26)19-30-22-35(43-4)39(36(23-30)44-5)46-25-28-14-10-7-11-15-28/h6-15,18-23,26H,16-17,24-25H2,1-5H3/b31-18+,32-19+. The van der Waals surface area contributed by atoms with Crippen molar-refractivity contribution in [1.82, 2.24) is 0 Å². The Labute approximate surface area is 271 Å². The number of ketones is 1. The van der Waals surface area contributed by atoms with Crippen LogP contribution in [-0.2, 0) is 18.0 Å². The molecule has 1 aliphatic carbocycles. The Morgan fingerprint density at radius 3 is 1.26 bits per heavy atom. The van der Waals surface area contributed by atoms with E-state index >= 15 is 0 Å². The summed E-state index contributed by atoms with van der Waals surface area (Å²) in [6.45, 7) is 2.89. The molecule has 0 radical (unpaired) electrons. The van der Waals surface area contributed by atoms with Gasteiger partial charge in [-0.3, -0.25) is 4.79 Å². The van der Waals surface area contributed by atoms with Crippen LogP contribution in [0.2, 0.25) is 0 Å². The molecule has 1 saturated carbocycles. The van der Waals surface area contributed by atoms with Crippen molar-refractivity contribution in [3.63, 3.8) is 0 Å². The van der Waals surface area contributed by atoms with Gasteiger partial charge in [0.05, 0.1) is 28.4 Å². The first-order valence-electron chi connectivity index (χ1n) is 15.2. The molecule has 7 heteroatoms. The van der Waals surface area contributed by atoms with Crippen molar-refractivity contribution in [2.45, 2.75) is 33.0 Å². The summed E-state index contributed by atoms with van der Waals surface area (Å²) in [5.41, 5.74) is 5.08. The molecule has 46 heavy (non-hydrogen) atoms. The summed E-state index contributed by atoms with van der Waals surface area (Å²) >= 11 is 0. The average molecular weight is 621 g/mol. The summed E-state index contributed by atoms with van der Waals surface area (Å²) in [4.78, 5) is 13.8. The van der Waals surface area contributed by atoms with Crippen LogP contribution < -0.4 is 28.4 Å². The molecule has 0 N–H and O–H groups in total. The largest absolute Gasteiger partial charge is 0.493 e. The van der Waals surface area contributed by atoms with Crippen molar-refractivity contribution >= 4 is 17.9 Å². The summed E-state index contributed by atoms with van der Waals surface area (Å²) in [5.74, 6) is 3.42. The number of Topliss-reactive ketones (excluding diaryl/α,β-unsaturated/α-hetero) is 1. The van der Waals surface area contributed by atoms with Crippen LogP contribution in [0.3, 0.4) is 0 Å². The first-order chi connectivity index (χ1) is 22.4. The molecule has 238 valence electrons. The summed E-state index contributed by atoms with van der Waals surface area (Å²) in [5, 5.41) is 0. The second-order valence-electron chi connectivity index (χ2n) is 11.2. The van der Waals surface area contributed by atoms with E-state index in [1.54, 1.807) is 28.4 Å². The normalized spacial score (nSPS) is 16.3. The average Bonchev–Trinajstić information content (AvgIpc) is 3.09. The van der Waals surface area contributed by atoms with Crippen LogP contribution in [0, 0.1) is 5.92 Å². The van der Waals surface area contributed by atoms with E-state index < -0.39 is 0 Å². The maximum absolute atomic E-state index is 13.8. The van der Waals surface area contributed by atoms with Crippen molar-refractivity contribution in [1.29, 1.82) is 0 Å². The molecule has 0 aromatic heterocycles. The molecular formula is C39H40O7. The van der Waals surface area contributed by atoms with Crippen LogP contribution in [-0.4, -0.2) is 34.2 Å². The van der Waals surface area contributed by atoms with Gasteiger partial charge in [0.25, 0.3) is 0 Å². The predicted octanol–water partition coefficient (Wildman–Crippen LogP) is 8.35. The molecule has 0 bridgehead atoms. The van der Waals surface area contributed by atoms with Crippen LogP contribution in [0.5, 0.6) is 34.5 Å². The van der Waals surface area contributed by atoms with E-state index in [0.29, 0.717) is 71.7 Å². The summed E-state index contributed by atoms with van der Waals surface area (Å²) < 4.78 is 35.0. The first kappa shape index (κ1) is 32.2. The highest BCUT2D eigenvalue weighted by molar-refractivity contribution is 6.14. The highest BCUT2D eigenvalue weighted by Gasteiger charge is 2.26. The SMILES string of the molecule is COc1cc(/C=C2\CC(C)C/C(=C\c3cc(OC)c(OCc4ccccc4)c(OC)c3)C2=O)cc(OC)c1OCc1ccccc1. The first-order valence-corrected chi connectivity index (χ1v) is 15.2. The zero-order valence-corrected chi connectivity index (χ0v) is 27.0. The van der Waals surface area contributed by atoms with Gasteiger partial charge in [0.2, 0.25) is 11.5 Å². The molecule has 4 aromatic rings. The van der Waals surface area contributed by atoms with Gasteiger partial charge in [-0.1, -0.05) is 67.6 Å². The number of methoxy groups -OCH3 is 4. The van der Waals surface area contributed by atoms with E-state index in [-0.39, 0.29) is 11.7 Å². The van der Waals surface area contributed by atoms with Crippen LogP contribution in [0.1, 0.15) is 42.0 Å². The number of carbonyl (C=O) groups excluding carboxylic acids is 1. The minimum absolute atomic E-state index is 0.00257. The number of hydrogen-bond acceptors (Lipinski definition) is 7. The zero-order valence-electron chi connectivity index (χ0n) is 27.0. The van der Waals surface area contributed by atoms with Crippen LogP contribution in [0.25, 0.3) is 12.2 Å². The van der Waals surface area contributed by atoms with E-state index in [4.69, 9.17) is 28.4 Å². The van der Waals surface area contributed by atoms with Gasteiger partial charge in [0, 0.05) is 11.1 Å². The Bertz CT molecular complexity index is 1530. The molecule has 0 amide bonds. The fourth-order valence-electron chi connectivity index (χ4n) is 5.58. The third kappa shape index (κ3) is 7.72. The van der Waals surface area contributed by atoms with Crippen molar-refractivity contribution in [2.75, 3.05) is 28.4 Å². The second-order valence-corrected chi connectivity index (χ2v) is 11.2. The Morgan fingerprint density at radius 1 is 0.587 bits per heavy atom. The minimum Gasteiger partial charge on any atom is -0.493 e. The lowest BCUT2D eigenvalue weighted by molar-refractivity contribution is -0.113.